The number of benzene rings is 2. The predicted molar refractivity (Wildman–Crippen MR) is 109 cm³/mol. The van der Waals surface area contributed by atoms with Gasteiger partial charge in [-0.3, -0.25) is 4.79 Å². The smallest absolute Gasteiger partial charge is 0.255 e. The second-order valence-electron chi connectivity index (χ2n) is 6.33. The Morgan fingerprint density at radius 2 is 1.69 bits per heavy atom. The minimum Gasteiger partial charge on any atom is -0.495 e. The number of carbonyl (C=O) groups excluding carboxylic acids is 1. The zero-order valence-electron chi connectivity index (χ0n) is 16.4. The van der Waals surface area contributed by atoms with Crippen molar-refractivity contribution < 1.29 is 26.4 Å². The number of hydrogen-bond acceptors (Lipinski definition) is 6. The summed E-state index contributed by atoms with van der Waals surface area (Å²) in [7, 11) is -4.96. The molecule has 0 radical (unpaired) electrons. The Hall–Kier alpha value is -2.47. The van der Waals surface area contributed by atoms with Crippen LogP contribution >= 0.6 is 0 Å². The fraction of sp³-hybridized carbons (Fsp3) is 0.278. The lowest BCUT2D eigenvalue weighted by atomic mass is 10.2. The summed E-state index contributed by atoms with van der Waals surface area (Å²) in [5.74, 6) is -0.510. The SMILES string of the molecule is CNS(=O)(=O)c1cccc(NC(=O)c2ccc(OC)c(S(=O)(=O)NC(C)C)c2)c1. The number of nitrogens with one attached hydrogen (secondary N) is 3. The van der Waals surface area contributed by atoms with Gasteiger partial charge in [-0.25, -0.2) is 26.3 Å². The molecule has 158 valence electrons. The summed E-state index contributed by atoms with van der Waals surface area (Å²) in [6, 6.07) is 9.33. The molecular weight excluding hydrogens is 418 g/mol. The molecule has 0 heterocycles. The monoisotopic (exact) mass is 441 g/mol. The van der Waals surface area contributed by atoms with Crippen LogP contribution in [0.3, 0.4) is 0 Å². The van der Waals surface area contributed by atoms with Gasteiger partial charge in [0.1, 0.15) is 10.6 Å². The second kappa shape index (κ2) is 8.91. The Labute approximate surface area is 170 Å². The van der Waals surface area contributed by atoms with Crippen LogP contribution < -0.4 is 19.5 Å². The van der Waals surface area contributed by atoms with Crippen molar-refractivity contribution in [2.24, 2.45) is 0 Å². The molecule has 3 N–H and O–H groups in total. The lowest BCUT2D eigenvalue weighted by Crippen LogP contribution is -2.30. The number of amides is 1. The third-order valence-electron chi connectivity index (χ3n) is 3.78. The lowest BCUT2D eigenvalue weighted by molar-refractivity contribution is 0.102. The van der Waals surface area contributed by atoms with E-state index in [1.54, 1.807) is 13.8 Å². The highest BCUT2D eigenvalue weighted by Gasteiger charge is 2.22. The fourth-order valence-corrected chi connectivity index (χ4v) is 4.69. The van der Waals surface area contributed by atoms with Crippen LogP contribution in [0.1, 0.15) is 24.2 Å². The minimum atomic E-state index is -3.90. The number of ether oxygens (including phenoxy) is 1. The molecule has 0 aliphatic rings. The molecule has 29 heavy (non-hydrogen) atoms. The molecule has 0 saturated heterocycles. The van der Waals surface area contributed by atoms with Crippen LogP contribution in [0.2, 0.25) is 0 Å². The van der Waals surface area contributed by atoms with Gasteiger partial charge in [0, 0.05) is 17.3 Å². The van der Waals surface area contributed by atoms with Crippen LogP contribution in [-0.4, -0.2) is 42.9 Å². The topological polar surface area (TPSA) is 131 Å². The van der Waals surface area contributed by atoms with E-state index >= 15 is 0 Å². The highest BCUT2D eigenvalue weighted by atomic mass is 32.2. The summed E-state index contributed by atoms with van der Waals surface area (Å²) >= 11 is 0. The second-order valence-corrected chi connectivity index (χ2v) is 9.90. The Morgan fingerprint density at radius 3 is 2.28 bits per heavy atom. The van der Waals surface area contributed by atoms with Gasteiger partial charge in [0.2, 0.25) is 20.0 Å². The third kappa shape index (κ3) is 5.54. The van der Waals surface area contributed by atoms with Gasteiger partial charge < -0.3 is 10.1 Å². The van der Waals surface area contributed by atoms with Crippen molar-refractivity contribution in [1.82, 2.24) is 9.44 Å². The average molecular weight is 442 g/mol. The highest BCUT2D eigenvalue weighted by molar-refractivity contribution is 7.89. The Balaban J connectivity index is 2.38. The van der Waals surface area contributed by atoms with Gasteiger partial charge in [0.25, 0.3) is 5.91 Å². The highest BCUT2D eigenvalue weighted by Crippen LogP contribution is 2.26. The van der Waals surface area contributed by atoms with Crippen molar-refractivity contribution in [2.75, 3.05) is 19.5 Å². The normalized spacial score (nSPS) is 12.0. The maximum Gasteiger partial charge on any atom is 0.255 e. The molecule has 2 rings (SSSR count). The van der Waals surface area contributed by atoms with Crippen LogP contribution in [-0.2, 0) is 20.0 Å². The van der Waals surface area contributed by atoms with Crippen LogP contribution in [0.4, 0.5) is 5.69 Å². The van der Waals surface area contributed by atoms with Gasteiger partial charge in [0.05, 0.1) is 12.0 Å². The minimum absolute atomic E-state index is 0.0167. The average Bonchev–Trinajstić information content (AvgIpc) is 2.66. The van der Waals surface area contributed by atoms with E-state index < -0.39 is 26.0 Å². The van der Waals surface area contributed by atoms with Gasteiger partial charge in [-0.15, -0.1) is 0 Å². The summed E-state index contributed by atoms with van der Waals surface area (Å²) in [5, 5.41) is 2.56. The van der Waals surface area contributed by atoms with E-state index in [4.69, 9.17) is 4.74 Å². The van der Waals surface area contributed by atoms with E-state index in [0.29, 0.717) is 0 Å². The molecule has 0 fully saturated rings. The van der Waals surface area contributed by atoms with Gasteiger partial charge in [0.15, 0.2) is 0 Å². The summed E-state index contributed by atoms with van der Waals surface area (Å²) in [5.41, 5.74) is 0.309. The molecule has 0 unspecified atom stereocenters. The van der Waals surface area contributed by atoms with Gasteiger partial charge in [-0.05, 0) is 57.3 Å². The van der Waals surface area contributed by atoms with Gasteiger partial charge in [-0.2, -0.15) is 0 Å². The Morgan fingerprint density at radius 1 is 1.00 bits per heavy atom. The van der Waals surface area contributed by atoms with E-state index in [2.05, 4.69) is 14.8 Å². The van der Waals surface area contributed by atoms with E-state index in [0.717, 1.165) is 0 Å². The number of rotatable bonds is 8. The molecule has 0 aromatic heterocycles. The zero-order valence-corrected chi connectivity index (χ0v) is 18.0. The maximum atomic E-state index is 12.6. The maximum absolute atomic E-state index is 12.6. The molecule has 2 aromatic carbocycles. The Kier molecular flexibility index (Phi) is 7.01. The summed E-state index contributed by atoms with van der Waals surface area (Å²) in [4.78, 5) is 12.4. The van der Waals surface area contributed by atoms with Gasteiger partial charge >= 0.3 is 0 Å². The van der Waals surface area contributed by atoms with Crippen molar-refractivity contribution in [1.29, 1.82) is 0 Å². The fourth-order valence-electron chi connectivity index (χ4n) is 2.46. The number of sulfonamides is 2. The molecule has 0 bridgehead atoms. The quantitative estimate of drug-likeness (QED) is 0.570. The largest absolute Gasteiger partial charge is 0.495 e. The van der Waals surface area contributed by atoms with Crippen molar-refractivity contribution in [3.8, 4) is 5.75 Å². The first-order chi connectivity index (χ1) is 13.5. The van der Waals surface area contributed by atoms with E-state index in [9.17, 15) is 21.6 Å². The van der Waals surface area contributed by atoms with Crippen molar-refractivity contribution in [3.63, 3.8) is 0 Å². The van der Waals surface area contributed by atoms with Crippen LogP contribution in [0, 0.1) is 0 Å². The van der Waals surface area contributed by atoms with Crippen LogP contribution in [0.5, 0.6) is 5.75 Å². The molecule has 0 spiro atoms. The van der Waals surface area contributed by atoms with Crippen molar-refractivity contribution >= 4 is 31.6 Å². The first kappa shape index (κ1) is 22.8. The molecule has 0 saturated carbocycles. The van der Waals surface area contributed by atoms with E-state index in [1.807, 2.05) is 0 Å². The molecule has 0 aliphatic heterocycles. The summed E-state index contributed by atoms with van der Waals surface area (Å²) < 4.78 is 58.7. The lowest BCUT2D eigenvalue weighted by Gasteiger charge is -2.14. The third-order valence-corrected chi connectivity index (χ3v) is 6.87. The molecule has 11 heteroatoms. The zero-order chi connectivity index (χ0) is 21.8. The van der Waals surface area contributed by atoms with E-state index in [-0.39, 0.29) is 32.8 Å². The molecule has 9 nitrogen and oxygen atoms in total. The summed E-state index contributed by atoms with van der Waals surface area (Å²) in [6.07, 6.45) is 0. The van der Waals surface area contributed by atoms with Gasteiger partial charge in [-0.1, -0.05) is 6.07 Å². The summed E-state index contributed by atoms with van der Waals surface area (Å²) in [6.45, 7) is 3.35. The van der Waals surface area contributed by atoms with Crippen LogP contribution in [0.25, 0.3) is 0 Å². The van der Waals surface area contributed by atoms with E-state index in [1.165, 1.54) is 56.6 Å². The van der Waals surface area contributed by atoms with Crippen molar-refractivity contribution in [3.05, 3.63) is 48.0 Å². The number of carbonyl (C=O) groups is 1. The molecule has 2 aromatic rings. The number of methoxy groups -OCH3 is 1. The standard InChI is InChI=1S/C18H23N3O6S2/c1-12(2)21-29(25,26)17-10-13(8-9-16(17)27-4)18(22)20-14-6-5-7-15(11-14)28(23,24)19-3/h5-12,19,21H,1-4H3,(H,20,22). The predicted octanol–water partition coefficient (Wildman–Crippen LogP) is 1.54. The molecule has 0 aliphatic carbocycles. The first-order valence-electron chi connectivity index (χ1n) is 8.55. The molecule has 1 amide bonds. The molecular formula is C18H23N3O6S2. The Bertz CT molecular complexity index is 1110. The first-order valence-corrected chi connectivity index (χ1v) is 11.5. The number of hydrogen-bond donors (Lipinski definition) is 3. The van der Waals surface area contributed by atoms with Crippen LogP contribution in [0.15, 0.2) is 52.3 Å². The number of anilines is 1. The molecule has 0 atom stereocenters. The van der Waals surface area contributed by atoms with Crippen molar-refractivity contribution in [2.45, 2.75) is 29.7 Å².